The van der Waals surface area contributed by atoms with Crippen LogP contribution < -0.4 is 0 Å². The number of aliphatic imine (C=N–C) groups is 1. The number of carboxylic acids is 1. The second-order valence-electron chi connectivity index (χ2n) is 6.80. The van der Waals surface area contributed by atoms with Crippen LogP contribution in [0.1, 0.15) is 5.56 Å². The molecule has 0 aliphatic rings. The summed E-state index contributed by atoms with van der Waals surface area (Å²) >= 11 is 6.30. The molecule has 0 saturated carbocycles. The lowest BCUT2D eigenvalue weighted by molar-refractivity contribution is -0.129. The lowest BCUT2D eigenvalue weighted by Crippen LogP contribution is -2.16. The number of rotatable bonds is 4. The number of hydrogen-bond donors (Lipinski definition) is 3. The van der Waals surface area contributed by atoms with Gasteiger partial charge in [-0.05, 0) is 83.7 Å². The number of phenols is 2. The third-order valence-electron chi connectivity index (χ3n) is 4.80. The van der Waals surface area contributed by atoms with Crippen molar-refractivity contribution in [2.24, 2.45) is 4.99 Å². The fraction of sp³-hybridized carbons (Fsp3) is 0.0435. The monoisotopic (exact) mass is 527 g/mol. The Bertz CT molecular complexity index is 1350. The number of hydrogen-bond acceptors (Lipinski definition) is 4. The summed E-state index contributed by atoms with van der Waals surface area (Å²) in [5.74, 6) is -1.57. The standard InChI is InChI=1S/C23H15Br2NO4/c24-18-10-16(21(27)20(25)22(18)28)11-19(23(29)30)26-17-6-5-14-7-12-3-1-2-4-13(12)8-15(14)9-17/h1-10,27-28H,11H2,(H,29,30). The van der Waals surface area contributed by atoms with Gasteiger partial charge in [0.05, 0.1) is 10.2 Å². The zero-order chi connectivity index (χ0) is 21.4. The number of aromatic hydroxyl groups is 2. The van der Waals surface area contributed by atoms with Crippen molar-refractivity contribution in [1.82, 2.24) is 0 Å². The van der Waals surface area contributed by atoms with Gasteiger partial charge in [-0.2, -0.15) is 0 Å². The van der Waals surface area contributed by atoms with E-state index >= 15 is 0 Å². The van der Waals surface area contributed by atoms with Gasteiger partial charge in [-0.15, -0.1) is 0 Å². The summed E-state index contributed by atoms with van der Waals surface area (Å²) in [7, 11) is 0. The summed E-state index contributed by atoms with van der Waals surface area (Å²) in [4.78, 5) is 16.1. The minimum absolute atomic E-state index is 0.0918. The van der Waals surface area contributed by atoms with Crippen LogP contribution in [0.5, 0.6) is 11.5 Å². The lowest BCUT2D eigenvalue weighted by atomic mass is 10.0. The smallest absolute Gasteiger partial charge is 0.350 e. The Balaban J connectivity index is 1.76. The molecule has 0 aliphatic carbocycles. The van der Waals surface area contributed by atoms with Crippen molar-refractivity contribution in [3.63, 3.8) is 0 Å². The Morgan fingerprint density at radius 1 is 0.833 bits per heavy atom. The Hall–Kier alpha value is -2.90. The fourth-order valence-electron chi connectivity index (χ4n) is 3.28. The molecule has 5 nitrogen and oxygen atoms in total. The number of carbonyl (C=O) groups is 1. The van der Waals surface area contributed by atoms with Crippen molar-refractivity contribution in [2.45, 2.75) is 6.42 Å². The number of carboxylic acid groups (broad SMARTS) is 1. The largest absolute Gasteiger partial charge is 0.506 e. The molecule has 0 heterocycles. The van der Waals surface area contributed by atoms with Gasteiger partial charge in [0.2, 0.25) is 0 Å². The van der Waals surface area contributed by atoms with Gasteiger partial charge < -0.3 is 15.3 Å². The van der Waals surface area contributed by atoms with E-state index in [1.165, 1.54) is 6.07 Å². The molecule has 0 aliphatic heterocycles. The molecule has 7 heteroatoms. The minimum Gasteiger partial charge on any atom is -0.506 e. The molecule has 0 atom stereocenters. The summed E-state index contributed by atoms with van der Waals surface area (Å²) < 4.78 is 0.429. The molecular weight excluding hydrogens is 514 g/mol. The summed E-state index contributed by atoms with van der Waals surface area (Å²) in [6.45, 7) is 0. The van der Waals surface area contributed by atoms with Crippen LogP contribution in [0, 0.1) is 0 Å². The van der Waals surface area contributed by atoms with E-state index in [4.69, 9.17) is 0 Å². The number of aliphatic carboxylic acids is 1. The van der Waals surface area contributed by atoms with Gasteiger partial charge in [-0.3, -0.25) is 0 Å². The second-order valence-corrected chi connectivity index (χ2v) is 8.45. The van der Waals surface area contributed by atoms with Crippen LogP contribution >= 0.6 is 31.9 Å². The van der Waals surface area contributed by atoms with E-state index in [0.29, 0.717) is 15.7 Å². The molecule has 4 aromatic rings. The highest BCUT2D eigenvalue weighted by Gasteiger charge is 2.19. The third-order valence-corrected chi connectivity index (χ3v) is 6.16. The van der Waals surface area contributed by atoms with Gasteiger partial charge in [-0.1, -0.05) is 30.3 Å². The van der Waals surface area contributed by atoms with E-state index in [1.54, 1.807) is 6.07 Å². The maximum atomic E-state index is 11.8. The van der Waals surface area contributed by atoms with Crippen molar-refractivity contribution < 1.29 is 20.1 Å². The molecule has 0 bridgehead atoms. The number of fused-ring (bicyclic) bond motifs is 2. The van der Waals surface area contributed by atoms with Crippen LogP contribution in [-0.4, -0.2) is 27.0 Å². The van der Waals surface area contributed by atoms with E-state index in [2.05, 4.69) is 42.9 Å². The molecule has 3 N–H and O–H groups in total. The molecule has 4 rings (SSSR count). The summed E-state index contributed by atoms with van der Waals surface area (Å²) in [6, 6.07) is 19.1. The van der Waals surface area contributed by atoms with Crippen LogP contribution in [0.3, 0.4) is 0 Å². The van der Waals surface area contributed by atoms with Crippen molar-refractivity contribution in [2.75, 3.05) is 0 Å². The molecule has 0 aromatic heterocycles. The van der Waals surface area contributed by atoms with Crippen LogP contribution in [-0.2, 0) is 11.2 Å². The second kappa shape index (κ2) is 8.08. The third kappa shape index (κ3) is 3.91. The zero-order valence-electron chi connectivity index (χ0n) is 15.4. The molecule has 0 radical (unpaired) electrons. The highest BCUT2D eigenvalue weighted by molar-refractivity contribution is 9.11. The number of benzene rings is 4. The quantitative estimate of drug-likeness (QED) is 0.213. The highest BCUT2D eigenvalue weighted by atomic mass is 79.9. The molecule has 0 spiro atoms. The maximum Gasteiger partial charge on any atom is 0.350 e. The summed E-state index contributed by atoms with van der Waals surface area (Å²) in [6.07, 6.45) is -0.117. The van der Waals surface area contributed by atoms with E-state index in [1.807, 2.05) is 42.5 Å². The zero-order valence-corrected chi connectivity index (χ0v) is 18.6. The van der Waals surface area contributed by atoms with Crippen molar-refractivity contribution in [3.8, 4) is 11.5 Å². The topological polar surface area (TPSA) is 90.1 Å². The Morgan fingerprint density at radius 2 is 1.47 bits per heavy atom. The van der Waals surface area contributed by atoms with Gasteiger partial charge in [0, 0.05) is 12.0 Å². The van der Waals surface area contributed by atoms with E-state index in [9.17, 15) is 20.1 Å². The van der Waals surface area contributed by atoms with Gasteiger partial charge in [-0.25, -0.2) is 9.79 Å². The van der Waals surface area contributed by atoms with Gasteiger partial charge in [0.15, 0.2) is 0 Å². The van der Waals surface area contributed by atoms with Crippen molar-refractivity contribution in [1.29, 1.82) is 0 Å². The first-order valence-electron chi connectivity index (χ1n) is 8.95. The van der Waals surface area contributed by atoms with Gasteiger partial charge in [0.1, 0.15) is 21.7 Å². The molecule has 0 fully saturated rings. The van der Waals surface area contributed by atoms with Crippen LogP contribution in [0.25, 0.3) is 21.5 Å². The molecule has 0 unspecified atom stereocenters. The summed E-state index contributed by atoms with van der Waals surface area (Å²) in [5, 5.41) is 34.0. The number of nitrogens with zero attached hydrogens (tertiary/aromatic N) is 1. The Labute approximate surface area is 188 Å². The van der Waals surface area contributed by atoms with Crippen molar-refractivity contribution in [3.05, 3.63) is 75.2 Å². The van der Waals surface area contributed by atoms with E-state index < -0.39 is 5.97 Å². The average molecular weight is 529 g/mol. The minimum atomic E-state index is -1.19. The van der Waals surface area contributed by atoms with Gasteiger partial charge in [0.25, 0.3) is 0 Å². The van der Waals surface area contributed by atoms with Crippen molar-refractivity contribution >= 4 is 70.8 Å². The van der Waals surface area contributed by atoms with Crippen LogP contribution in [0.2, 0.25) is 0 Å². The molecule has 0 saturated heterocycles. The predicted molar refractivity (Wildman–Crippen MR) is 125 cm³/mol. The summed E-state index contributed by atoms with van der Waals surface area (Å²) in [5.41, 5.74) is 0.695. The van der Waals surface area contributed by atoms with Crippen LogP contribution in [0.4, 0.5) is 5.69 Å². The first kappa shape index (κ1) is 20.4. The normalized spacial score (nSPS) is 11.9. The molecular formula is C23H15Br2NO4. The number of halogens is 2. The van der Waals surface area contributed by atoms with Gasteiger partial charge >= 0.3 is 5.97 Å². The highest BCUT2D eigenvalue weighted by Crippen LogP contribution is 2.41. The molecule has 30 heavy (non-hydrogen) atoms. The lowest BCUT2D eigenvalue weighted by Gasteiger charge is -2.10. The Kier molecular flexibility index (Phi) is 5.49. The first-order valence-corrected chi connectivity index (χ1v) is 10.5. The fourth-order valence-corrected chi connectivity index (χ4v) is 4.49. The predicted octanol–water partition coefficient (Wildman–Crippen LogP) is 6.33. The maximum absolute atomic E-state index is 11.8. The first-order chi connectivity index (χ1) is 14.3. The molecule has 150 valence electrons. The Morgan fingerprint density at radius 3 is 2.13 bits per heavy atom. The van der Waals surface area contributed by atoms with E-state index in [0.717, 1.165) is 21.5 Å². The molecule has 0 amide bonds. The van der Waals surface area contributed by atoms with Crippen LogP contribution in [0.15, 0.2) is 74.6 Å². The number of phenolic OH excluding ortho intramolecular Hbond substituents is 2. The SMILES string of the molecule is O=C(O)C(Cc1cc(Br)c(O)c(Br)c1O)=Nc1ccc2cc3ccccc3cc2c1. The molecule has 4 aromatic carbocycles. The average Bonchev–Trinajstić information content (AvgIpc) is 2.73. The van der Waals surface area contributed by atoms with E-state index in [-0.39, 0.29) is 28.1 Å².